The fourth-order valence-corrected chi connectivity index (χ4v) is 4.39. The SMILES string of the molecule is COc1cc(O)c(CNc2nc(N3CCC[C@@H]3CO)nc3c2N(C(C)C)NN3C(C)C)cc1O. The molecule has 1 aromatic carbocycles. The van der Waals surface area contributed by atoms with Gasteiger partial charge in [0.25, 0.3) is 0 Å². The van der Waals surface area contributed by atoms with Gasteiger partial charge in [-0.3, -0.25) is 10.0 Å². The standard InChI is InChI=1S/C23H35N7O4/c1-13(2)29-20-21(24-11-15-9-18(33)19(34-5)10-17(15)32)25-23(28-8-6-7-16(28)12-31)26-22(20)30(27-29)14(3)4/h9-10,13-14,16,27,31-33H,6-8,11-12H2,1-5H3,(H,24,25,26)/t16-/m1/s1. The van der Waals surface area contributed by atoms with Gasteiger partial charge in [-0.15, -0.1) is 5.53 Å². The van der Waals surface area contributed by atoms with Crippen LogP contribution in [-0.4, -0.2) is 63.7 Å². The summed E-state index contributed by atoms with van der Waals surface area (Å²) in [7, 11) is 1.43. The number of methoxy groups -OCH3 is 1. The monoisotopic (exact) mass is 473 g/mol. The second-order valence-corrected chi connectivity index (χ2v) is 9.25. The summed E-state index contributed by atoms with van der Waals surface area (Å²) in [6.07, 6.45) is 1.86. The molecule has 0 unspecified atom stereocenters. The molecule has 1 fully saturated rings. The van der Waals surface area contributed by atoms with Crippen LogP contribution in [0, 0.1) is 0 Å². The number of phenols is 2. The highest BCUT2D eigenvalue weighted by atomic mass is 16.5. The second kappa shape index (κ2) is 9.59. The predicted molar refractivity (Wildman–Crippen MR) is 132 cm³/mol. The van der Waals surface area contributed by atoms with Gasteiger partial charge in [-0.1, -0.05) is 0 Å². The minimum absolute atomic E-state index is 0.00982. The third-order valence-electron chi connectivity index (χ3n) is 6.24. The third-order valence-corrected chi connectivity index (χ3v) is 6.24. The van der Waals surface area contributed by atoms with Crippen LogP contribution in [0.2, 0.25) is 0 Å². The highest BCUT2D eigenvalue weighted by Gasteiger charge is 2.36. The fraction of sp³-hybridized carbons (Fsp3) is 0.565. The van der Waals surface area contributed by atoms with E-state index in [1.54, 1.807) is 0 Å². The number of fused-ring (bicyclic) bond motifs is 1. The molecule has 3 heterocycles. The summed E-state index contributed by atoms with van der Waals surface area (Å²) in [6.45, 7) is 9.37. The van der Waals surface area contributed by atoms with Crippen LogP contribution in [0.5, 0.6) is 17.2 Å². The van der Waals surface area contributed by atoms with Crippen molar-refractivity contribution in [1.29, 1.82) is 0 Å². The average Bonchev–Trinajstić information content (AvgIpc) is 3.43. The molecule has 0 saturated carbocycles. The molecular weight excluding hydrogens is 438 g/mol. The Balaban J connectivity index is 1.76. The zero-order chi connectivity index (χ0) is 24.6. The maximum Gasteiger partial charge on any atom is 0.229 e. The van der Waals surface area contributed by atoms with E-state index in [0.29, 0.717) is 17.3 Å². The molecule has 0 aliphatic carbocycles. The maximum absolute atomic E-state index is 10.4. The van der Waals surface area contributed by atoms with Crippen molar-refractivity contribution in [1.82, 2.24) is 15.5 Å². The highest BCUT2D eigenvalue weighted by Crippen LogP contribution is 2.42. The summed E-state index contributed by atoms with van der Waals surface area (Å²) in [5.74, 6) is 2.07. The molecular formula is C23H35N7O4. The van der Waals surface area contributed by atoms with Crippen LogP contribution in [0.3, 0.4) is 0 Å². The number of aliphatic hydroxyl groups is 1. The molecule has 4 rings (SSSR count). The van der Waals surface area contributed by atoms with E-state index in [1.807, 2.05) is 10.0 Å². The van der Waals surface area contributed by atoms with Crippen molar-refractivity contribution in [2.24, 2.45) is 0 Å². The number of nitrogens with zero attached hydrogens (tertiary/aromatic N) is 5. The zero-order valence-electron chi connectivity index (χ0n) is 20.4. The van der Waals surface area contributed by atoms with E-state index in [1.165, 1.54) is 19.2 Å². The van der Waals surface area contributed by atoms with Crippen molar-refractivity contribution < 1.29 is 20.1 Å². The summed E-state index contributed by atoms with van der Waals surface area (Å²) >= 11 is 0. The lowest BCUT2D eigenvalue weighted by Crippen LogP contribution is -2.50. The number of rotatable bonds is 8. The van der Waals surface area contributed by atoms with Crippen LogP contribution in [0.4, 0.5) is 23.3 Å². The molecule has 1 atom stereocenters. The Morgan fingerprint density at radius 1 is 1.12 bits per heavy atom. The number of hydrogen-bond donors (Lipinski definition) is 5. The number of hydrogen-bond acceptors (Lipinski definition) is 11. The lowest BCUT2D eigenvalue weighted by Gasteiger charge is -2.27. The van der Waals surface area contributed by atoms with Gasteiger partial charge < -0.3 is 30.3 Å². The first kappa shape index (κ1) is 24.0. The Bertz CT molecular complexity index is 1030. The molecule has 1 saturated heterocycles. The van der Waals surface area contributed by atoms with E-state index >= 15 is 0 Å². The van der Waals surface area contributed by atoms with Crippen molar-refractivity contribution in [3.63, 3.8) is 0 Å². The summed E-state index contributed by atoms with van der Waals surface area (Å²) in [4.78, 5) is 11.8. The van der Waals surface area contributed by atoms with Crippen molar-refractivity contribution in [3.8, 4) is 17.2 Å². The van der Waals surface area contributed by atoms with E-state index in [0.717, 1.165) is 30.9 Å². The van der Waals surface area contributed by atoms with E-state index in [2.05, 4.69) is 43.4 Å². The summed E-state index contributed by atoms with van der Waals surface area (Å²) in [6, 6.07) is 3.10. The molecule has 2 aromatic rings. The van der Waals surface area contributed by atoms with Gasteiger partial charge in [0.2, 0.25) is 5.95 Å². The van der Waals surface area contributed by atoms with Crippen molar-refractivity contribution in [2.75, 3.05) is 40.5 Å². The Labute approximate surface area is 199 Å². The first-order chi connectivity index (χ1) is 16.2. The fourth-order valence-electron chi connectivity index (χ4n) is 4.39. The van der Waals surface area contributed by atoms with Crippen LogP contribution < -0.4 is 30.5 Å². The quantitative estimate of drug-likeness (QED) is 0.362. The van der Waals surface area contributed by atoms with Crippen molar-refractivity contribution >= 4 is 23.3 Å². The summed E-state index contributed by atoms with van der Waals surface area (Å²) in [5, 5.41) is 37.8. The van der Waals surface area contributed by atoms with Gasteiger partial charge in [-0.2, -0.15) is 9.97 Å². The zero-order valence-corrected chi connectivity index (χ0v) is 20.4. The van der Waals surface area contributed by atoms with E-state index in [9.17, 15) is 15.3 Å². The molecule has 0 spiro atoms. The summed E-state index contributed by atoms with van der Waals surface area (Å²) in [5.41, 5.74) is 4.74. The molecule has 34 heavy (non-hydrogen) atoms. The largest absolute Gasteiger partial charge is 0.507 e. The number of hydrazine groups is 2. The second-order valence-electron chi connectivity index (χ2n) is 9.25. The normalized spacial score (nSPS) is 17.8. The van der Waals surface area contributed by atoms with Gasteiger partial charge in [-0.25, -0.2) is 0 Å². The van der Waals surface area contributed by atoms with Crippen LogP contribution in [-0.2, 0) is 6.54 Å². The van der Waals surface area contributed by atoms with Gasteiger partial charge in [0.1, 0.15) is 11.4 Å². The van der Waals surface area contributed by atoms with Gasteiger partial charge in [0.15, 0.2) is 23.1 Å². The summed E-state index contributed by atoms with van der Waals surface area (Å²) < 4.78 is 5.07. The van der Waals surface area contributed by atoms with Gasteiger partial charge in [0.05, 0.1) is 19.8 Å². The molecule has 0 bridgehead atoms. The van der Waals surface area contributed by atoms with Gasteiger partial charge in [0, 0.05) is 36.8 Å². The average molecular weight is 474 g/mol. The molecule has 0 radical (unpaired) electrons. The molecule has 0 amide bonds. The Morgan fingerprint density at radius 3 is 2.50 bits per heavy atom. The topological polar surface area (TPSA) is 129 Å². The lowest BCUT2D eigenvalue weighted by molar-refractivity contribution is 0.265. The Kier molecular flexibility index (Phi) is 6.76. The number of phenolic OH excluding ortho intramolecular Hbond substituents is 2. The Morgan fingerprint density at radius 2 is 1.85 bits per heavy atom. The minimum Gasteiger partial charge on any atom is -0.507 e. The molecule has 186 valence electrons. The number of benzene rings is 1. The van der Waals surface area contributed by atoms with E-state index in [-0.39, 0.29) is 48.5 Å². The number of ether oxygens (including phenoxy) is 1. The molecule has 2 aliphatic rings. The molecule has 2 aliphatic heterocycles. The predicted octanol–water partition coefficient (Wildman–Crippen LogP) is 2.33. The van der Waals surface area contributed by atoms with Gasteiger partial charge >= 0.3 is 0 Å². The Hall–Kier alpha value is -3.18. The van der Waals surface area contributed by atoms with Crippen LogP contribution in [0.15, 0.2) is 12.1 Å². The number of nitrogens with one attached hydrogen (secondary N) is 2. The van der Waals surface area contributed by atoms with E-state index in [4.69, 9.17) is 14.7 Å². The van der Waals surface area contributed by atoms with E-state index < -0.39 is 0 Å². The van der Waals surface area contributed by atoms with Gasteiger partial charge in [-0.05, 0) is 46.6 Å². The number of aromatic nitrogens is 2. The van der Waals surface area contributed by atoms with Crippen molar-refractivity contribution in [2.45, 2.75) is 65.2 Å². The smallest absolute Gasteiger partial charge is 0.229 e. The first-order valence-electron chi connectivity index (χ1n) is 11.7. The number of aliphatic hydroxyl groups excluding tert-OH is 1. The first-order valence-corrected chi connectivity index (χ1v) is 11.7. The third kappa shape index (κ3) is 4.32. The van der Waals surface area contributed by atoms with Crippen LogP contribution in [0.1, 0.15) is 46.1 Å². The van der Waals surface area contributed by atoms with Crippen LogP contribution >= 0.6 is 0 Å². The lowest BCUT2D eigenvalue weighted by atomic mass is 10.1. The number of aromatic hydroxyl groups is 2. The maximum atomic E-state index is 10.4. The molecule has 1 aromatic heterocycles. The molecule has 11 heteroatoms. The minimum atomic E-state index is -0.0509. The molecule has 11 nitrogen and oxygen atoms in total. The number of anilines is 4. The van der Waals surface area contributed by atoms with Crippen LogP contribution in [0.25, 0.3) is 0 Å². The van der Waals surface area contributed by atoms with Crippen molar-refractivity contribution in [3.05, 3.63) is 17.7 Å². The molecule has 5 N–H and O–H groups in total. The highest BCUT2D eigenvalue weighted by molar-refractivity contribution is 5.83.